The second kappa shape index (κ2) is 2.70. The first-order valence-electron chi connectivity index (χ1n) is 3.76. The zero-order valence-corrected chi connectivity index (χ0v) is 6.55. The molecule has 1 saturated carbocycles. The van der Waals surface area contributed by atoms with Gasteiger partial charge in [0.05, 0.1) is 6.10 Å². The molecule has 0 aromatic rings. The van der Waals surface area contributed by atoms with Crippen LogP contribution in [0.2, 0.25) is 0 Å². The van der Waals surface area contributed by atoms with Gasteiger partial charge in [-0.15, -0.1) is 0 Å². The lowest BCUT2D eigenvalue weighted by Gasteiger charge is -2.36. The molecule has 0 bridgehead atoms. The average Bonchev–Trinajstić information content (AvgIpc) is 1.61. The molecule has 1 heteroatoms. The predicted octanol–water partition coefficient (Wildman–Crippen LogP) is 2.07. The molecule has 1 fully saturated rings. The van der Waals surface area contributed by atoms with Crippen molar-refractivity contribution >= 4 is 0 Å². The summed E-state index contributed by atoms with van der Waals surface area (Å²) < 4.78 is 5.17. The summed E-state index contributed by atoms with van der Waals surface area (Å²) in [6.07, 6.45) is 3.15. The van der Waals surface area contributed by atoms with E-state index in [-0.39, 0.29) is 0 Å². The van der Waals surface area contributed by atoms with Crippen molar-refractivity contribution in [3.63, 3.8) is 0 Å². The van der Waals surface area contributed by atoms with Gasteiger partial charge < -0.3 is 4.74 Å². The SMILES string of the molecule is CO[C@H]1C[C@@H](C(C)C)C1. The molecule has 0 amide bonds. The average molecular weight is 128 g/mol. The highest BCUT2D eigenvalue weighted by molar-refractivity contribution is 4.81. The van der Waals surface area contributed by atoms with Crippen molar-refractivity contribution in [3.05, 3.63) is 0 Å². The third-order valence-corrected chi connectivity index (χ3v) is 2.41. The van der Waals surface area contributed by atoms with Gasteiger partial charge in [0.25, 0.3) is 0 Å². The Morgan fingerprint density at radius 3 is 2.22 bits per heavy atom. The summed E-state index contributed by atoms with van der Waals surface area (Å²) in [5.41, 5.74) is 0. The van der Waals surface area contributed by atoms with Crippen LogP contribution < -0.4 is 0 Å². The molecular formula is C8H16O. The molecule has 0 atom stereocenters. The van der Waals surface area contributed by atoms with E-state index < -0.39 is 0 Å². The highest BCUT2D eigenvalue weighted by Gasteiger charge is 2.30. The minimum Gasteiger partial charge on any atom is -0.381 e. The molecule has 0 saturated heterocycles. The fraction of sp³-hybridized carbons (Fsp3) is 1.00. The van der Waals surface area contributed by atoms with Crippen LogP contribution in [0, 0.1) is 11.8 Å². The summed E-state index contributed by atoms with van der Waals surface area (Å²) in [6.45, 7) is 4.58. The van der Waals surface area contributed by atoms with Crippen molar-refractivity contribution in [2.75, 3.05) is 7.11 Å². The summed E-state index contributed by atoms with van der Waals surface area (Å²) in [4.78, 5) is 0. The molecule has 1 rings (SSSR count). The minimum absolute atomic E-state index is 0.581. The molecule has 0 aromatic heterocycles. The van der Waals surface area contributed by atoms with Gasteiger partial charge in [-0.3, -0.25) is 0 Å². The zero-order chi connectivity index (χ0) is 6.85. The fourth-order valence-corrected chi connectivity index (χ4v) is 1.34. The van der Waals surface area contributed by atoms with Gasteiger partial charge in [-0.2, -0.15) is 0 Å². The smallest absolute Gasteiger partial charge is 0.0576 e. The Hall–Kier alpha value is -0.0400. The van der Waals surface area contributed by atoms with Crippen LogP contribution in [0.4, 0.5) is 0 Å². The van der Waals surface area contributed by atoms with Gasteiger partial charge in [0.2, 0.25) is 0 Å². The topological polar surface area (TPSA) is 9.23 Å². The van der Waals surface area contributed by atoms with E-state index in [4.69, 9.17) is 4.74 Å². The van der Waals surface area contributed by atoms with E-state index in [0.29, 0.717) is 6.10 Å². The molecule has 1 nitrogen and oxygen atoms in total. The Kier molecular flexibility index (Phi) is 2.12. The molecule has 0 heterocycles. The Bertz CT molecular complexity index is 82.6. The maximum Gasteiger partial charge on any atom is 0.0576 e. The van der Waals surface area contributed by atoms with Crippen LogP contribution in [-0.4, -0.2) is 13.2 Å². The first-order chi connectivity index (χ1) is 4.24. The Morgan fingerprint density at radius 2 is 1.89 bits per heavy atom. The van der Waals surface area contributed by atoms with E-state index in [9.17, 15) is 0 Å². The van der Waals surface area contributed by atoms with Crippen molar-refractivity contribution in [2.24, 2.45) is 11.8 Å². The largest absolute Gasteiger partial charge is 0.381 e. The number of ether oxygens (including phenoxy) is 1. The second-order valence-corrected chi connectivity index (χ2v) is 3.33. The fourth-order valence-electron chi connectivity index (χ4n) is 1.34. The van der Waals surface area contributed by atoms with Gasteiger partial charge in [0.1, 0.15) is 0 Å². The molecule has 0 radical (unpaired) electrons. The summed E-state index contributed by atoms with van der Waals surface area (Å²) in [6, 6.07) is 0. The van der Waals surface area contributed by atoms with Crippen LogP contribution in [0.5, 0.6) is 0 Å². The summed E-state index contributed by atoms with van der Waals surface area (Å²) in [5.74, 6) is 1.80. The Labute approximate surface area is 57.4 Å². The standard InChI is InChI=1S/C8H16O/c1-6(2)7-4-8(5-7)9-3/h6-8H,4-5H2,1-3H3/t7-,8+. The lowest BCUT2D eigenvalue weighted by Crippen LogP contribution is -2.33. The van der Waals surface area contributed by atoms with E-state index >= 15 is 0 Å². The molecule has 54 valence electrons. The monoisotopic (exact) mass is 128 g/mol. The lowest BCUT2D eigenvalue weighted by atomic mass is 9.75. The van der Waals surface area contributed by atoms with E-state index in [2.05, 4.69) is 13.8 Å². The second-order valence-electron chi connectivity index (χ2n) is 3.33. The van der Waals surface area contributed by atoms with Gasteiger partial charge in [0, 0.05) is 7.11 Å². The Balaban J connectivity index is 2.12. The van der Waals surface area contributed by atoms with E-state index in [0.717, 1.165) is 11.8 Å². The molecule has 0 N–H and O–H groups in total. The summed E-state index contributed by atoms with van der Waals surface area (Å²) in [5, 5.41) is 0. The molecule has 1 aliphatic rings. The number of hydrogen-bond donors (Lipinski definition) is 0. The van der Waals surface area contributed by atoms with Crippen molar-refractivity contribution in [2.45, 2.75) is 32.8 Å². The third kappa shape index (κ3) is 1.45. The molecule has 0 unspecified atom stereocenters. The highest BCUT2D eigenvalue weighted by atomic mass is 16.5. The van der Waals surface area contributed by atoms with Crippen molar-refractivity contribution in [3.8, 4) is 0 Å². The molecule has 0 aromatic carbocycles. The summed E-state index contributed by atoms with van der Waals surface area (Å²) >= 11 is 0. The normalized spacial score (nSPS) is 34.7. The van der Waals surface area contributed by atoms with Gasteiger partial charge in [-0.1, -0.05) is 13.8 Å². The van der Waals surface area contributed by atoms with Crippen LogP contribution in [0.15, 0.2) is 0 Å². The number of methoxy groups -OCH3 is 1. The van der Waals surface area contributed by atoms with Gasteiger partial charge in [-0.05, 0) is 24.7 Å². The molecule has 9 heavy (non-hydrogen) atoms. The third-order valence-electron chi connectivity index (χ3n) is 2.41. The van der Waals surface area contributed by atoms with Crippen LogP contribution in [0.3, 0.4) is 0 Å². The van der Waals surface area contributed by atoms with Crippen LogP contribution in [0.1, 0.15) is 26.7 Å². The minimum atomic E-state index is 0.581. The van der Waals surface area contributed by atoms with Crippen molar-refractivity contribution in [1.82, 2.24) is 0 Å². The number of hydrogen-bond acceptors (Lipinski definition) is 1. The highest BCUT2D eigenvalue weighted by Crippen LogP contribution is 2.34. The first-order valence-corrected chi connectivity index (χ1v) is 3.76. The van der Waals surface area contributed by atoms with Crippen LogP contribution in [-0.2, 0) is 4.74 Å². The van der Waals surface area contributed by atoms with E-state index in [1.807, 2.05) is 0 Å². The van der Waals surface area contributed by atoms with Crippen LogP contribution >= 0.6 is 0 Å². The van der Waals surface area contributed by atoms with Crippen LogP contribution in [0.25, 0.3) is 0 Å². The van der Waals surface area contributed by atoms with Crippen molar-refractivity contribution < 1.29 is 4.74 Å². The lowest BCUT2D eigenvalue weighted by molar-refractivity contribution is -0.0146. The van der Waals surface area contributed by atoms with Gasteiger partial charge in [-0.25, -0.2) is 0 Å². The molecule has 1 aliphatic carbocycles. The van der Waals surface area contributed by atoms with Gasteiger partial charge in [0.15, 0.2) is 0 Å². The maximum absolute atomic E-state index is 5.17. The predicted molar refractivity (Wildman–Crippen MR) is 38.4 cm³/mol. The van der Waals surface area contributed by atoms with Gasteiger partial charge >= 0.3 is 0 Å². The Morgan fingerprint density at radius 1 is 1.33 bits per heavy atom. The molecule has 0 spiro atoms. The zero-order valence-electron chi connectivity index (χ0n) is 6.55. The van der Waals surface area contributed by atoms with Crippen molar-refractivity contribution in [1.29, 1.82) is 0 Å². The van der Waals surface area contributed by atoms with E-state index in [1.165, 1.54) is 12.8 Å². The maximum atomic E-state index is 5.17. The number of rotatable bonds is 2. The molecular weight excluding hydrogens is 112 g/mol. The molecule has 0 aliphatic heterocycles. The van der Waals surface area contributed by atoms with E-state index in [1.54, 1.807) is 7.11 Å². The quantitative estimate of drug-likeness (QED) is 0.553. The summed E-state index contributed by atoms with van der Waals surface area (Å²) in [7, 11) is 1.81. The first kappa shape index (κ1) is 7.07.